The first-order valence-electron chi connectivity index (χ1n) is 10.8. The molecule has 2 fully saturated rings. The highest BCUT2D eigenvalue weighted by molar-refractivity contribution is 5.57. The van der Waals surface area contributed by atoms with E-state index in [0.29, 0.717) is 5.41 Å². The third kappa shape index (κ3) is 4.30. The molecular weight excluding hydrogens is 362 g/mol. The molecule has 2 aromatic rings. The summed E-state index contributed by atoms with van der Waals surface area (Å²) in [4.78, 5) is 13.1. The molecular formula is C24H32N3O2+. The summed E-state index contributed by atoms with van der Waals surface area (Å²) < 4.78 is 1.15. The largest absolute Gasteiger partial charge is 0.371 e. The van der Waals surface area contributed by atoms with E-state index in [1.807, 2.05) is 13.0 Å². The second-order valence-corrected chi connectivity index (χ2v) is 9.43. The first kappa shape index (κ1) is 19.9. The van der Waals surface area contributed by atoms with Gasteiger partial charge in [-0.1, -0.05) is 30.3 Å². The third-order valence-corrected chi connectivity index (χ3v) is 7.33. The standard InChI is InChI=1S/C24H32N3O2/c1-20-18-22(26(28)29)8-9-23(20)25-14-10-24(11-15-25)12-16-27(2,17-13-24)19-21-6-4-3-5-7-21/h3-9,18H,10-17,19H2,1-2H3/q+1. The number of nitrogens with zero attached hydrogens (tertiary/aromatic N) is 3. The Morgan fingerprint density at radius 1 is 1.03 bits per heavy atom. The number of piperidine rings is 2. The lowest BCUT2D eigenvalue weighted by Gasteiger charge is -2.50. The van der Waals surface area contributed by atoms with E-state index in [1.165, 1.54) is 44.3 Å². The highest BCUT2D eigenvalue weighted by atomic mass is 16.6. The van der Waals surface area contributed by atoms with Gasteiger partial charge in [-0.05, 0) is 36.8 Å². The van der Waals surface area contributed by atoms with Crippen LogP contribution in [0.15, 0.2) is 48.5 Å². The Morgan fingerprint density at radius 2 is 1.69 bits per heavy atom. The molecule has 0 radical (unpaired) electrons. The third-order valence-electron chi connectivity index (χ3n) is 7.33. The van der Waals surface area contributed by atoms with Crippen LogP contribution in [-0.4, -0.2) is 42.6 Å². The van der Waals surface area contributed by atoms with Crippen molar-refractivity contribution in [2.24, 2.45) is 5.41 Å². The predicted molar refractivity (Wildman–Crippen MR) is 117 cm³/mol. The van der Waals surface area contributed by atoms with Crippen LogP contribution in [0.3, 0.4) is 0 Å². The molecule has 0 saturated carbocycles. The van der Waals surface area contributed by atoms with Crippen LogP contribution in [-0.2, 0) is 6.54 Å². The minimum Gasteiger partial charge on any atom is -0.371 e. The summed E-state index contributed by atoms with van der Waals surface area (Å²) in [5.41, 5.74) is 4.27. The first-order valence-corrected chi connectivity index (χ1v) is 10.8. The lowest BCUT2D eigenvalue weighted by atomic mass is 9.70. The quantitative estimate of drug-likeness (QED) is 0.420. The summed E-state index contributed by atoms with van der Waals surface area (Å²) >= 11 is 0. The van der Waals surface area contributed by atoms with Crippen molar-refractivity contribution in [2.75, 3.05) is 38.1 Å². The molecule has 0 atom stereocenters. The zero-order chi connectivity index (χ0) is 20.5. The molecule has 0 bridgehead atoms. The van der Waals surface area contributed by atoms with Gasteiger partial charge in [0.1, 0.15) is 6.54 Å². The number of hydrogen-bond donors (Lipinski definition) is 0. The molecule has 1 spiro atoms. The van der Waals surface area contributed by atoms with Gasteiger partial charge < -0.3 is 9.38 Å². The van der Waals surface area contributed by atoms with Gasteiger partial charge >= 0.3 is 0 Å². The number of likely N-dealkylation sites (tertiary alicyclic amines) is 1. The highest BCUT2D eigenvalue weighted by Crippen LogP contribution is 2.44. The van der Waals surface area contributed by atoms with Crippen molar-refractivity contribution >= 4 is 11.4 Å². The van der Waals surface area contributed by atoms with E-state index >= 15 is 0 Å². The van der Waals surface area contributed by atoms with E-state index in [1.54, 1.807) is 12.1 Å². The molecule has 0 aromatic heterocycles. The fourth-order valence-electron chi connectivity index (χ4n) is 5.26. The van der Waals surface area contributed by atoms with Crippen molar-refractivity contribution in [3.05, 3.63) is 69.8 Å². The van der Waals surface area contributed by atoms with Gasteiger partial charge in [-0.2, -0.15) is 0 Å². The number of hydrogen-bond acceptors (Lipinski definition) is 3. The minimum atomic E-state index is -0.311. The van der Waals surface area contributed by atoms with Gasteiger partial charge in [0.15, 0.2) is 0 Å². The van der Waals surface area contributed by atoms with Crippen LogP contribution in [0.4, 0.5) is 11.4 Å². The molecule has 0 N–H and O–H groups in total. The van der Waals surface area contributed by atoms with E-state index in [2.05, 4.69) is 42.3 Å². The lowest BCUT2D eigenvalue weighted by Crippen LogP contribution is -2.54. The monoisotopic (exact) mass is 394 g/mol. The number of non-ortho nitro benzene ring substituents is 1. The smallest absolute Gasteiger partial charge is 0.269 e. The molecule has 2 aromatic carbocycles. The average molecular weight is 395 g/mol. The molecule has 2 aliphatic heterocycles. The van der Waals surface area contributed by atoms with Crippen molar-refractivity contribution in [1.82, 2.24) is 0 Å². The number of nitro benzene ring substituents is 1. The van der Waals surface area contributed by atoms with Gasteiger partial charge in [0.2, 0.25) is 0 Å². The van der Waals surface area contributed by atoms with Crippen LogP contribution in [0.25, 0.3) is 0 Å². The van der Waals surface area contributed by atoms with Gasteiger partial charge in [0.25, 0.3) is 5.69 Å². The molecule has 5 nitrogen and oxygen atoms in total. The normalized spacial score (nSPS) is 20.6. The fraction of sp³-hybridized carbons (Fsp3) is 0.500. The summed E-state index contributed by atoms with van der Waals surface area (Å²) in [6.45, 7) is 7.74. The molecule has 5 heteroatoms. The number of anilines is 1. The highest BCUT2D eigenvalue weighted by Gasteiger charge is 2.42. The zero-order valence-corrected chi connectivity index (χ0v) is 17.6. The number of nitro groups is 1. The maximum atomic E-state index is 11.0. The van der Waals surface area contributed by atoms with Crippen molar-refractivity contribution < 1.29 is 9.41 Å². The summed E-state index contributed by atoms with van der Waals surface area (Å²) in [5.74, 6) is 0. The van der Waals surface area contributed by atoms with Crippen molar-refractivity contribution in [3.8, 4) is 0 Å². The molecule has 154 valence electrons. The van der Waals surface area contributed by atoms with E-state index < -0.39 is 0 Å². The molecule has 0 amide bonds. The fourth-order valence-corrected chi connectivity index (χ4v) is 5.26. The second-order valence-electron chi connectivity index (χ2n) is 9.43. The average Bonchev–Trinajstić information content (AvgIpc) is 2.72. The van der Waals surface area contributed by atoms with Gasteiger partial charge in [-0.15, -0.1) is 0 Å². The van der Waals surface area contributed by atoms with Gasteiger partial charge in [0.05, 0.1) is 25.1 Å². The van der Waals surface area contributed by atoms with E-state index in [9.17, 15) is 10.1 Å². The molecule has 4 rings (SSSR count). The van der Waals surface area contributed by atoms with Gasteiger partial charge in [-0.25, -0.2) is 0 Å². The van der Waals surface area contributed by atoms with Crippen LogP contribution in [0, 0.1) is 22.5 Å². The molecule has 0 aliphatic carbocycles. The van der Waals surface area contributed by atoms with Crippen LogP contribution in [0.2, 0.25) is 0 Å². The Kier molecular flexibility index (Phi) is 5.34. The van der Waals surface area contributed by atoms with Crippen LogP contribution < -0.4 is 4.90 Å². The lowest BCUT2D eigenvalue weighted by molar-refractivity contribution is -0.929. The summed E-state index contributed by atoms with van der Waals surface area (Å²) in [6.07, 6.45) is 5.08. The van der Waals surface area contributed by atoms with E-state index in [-0.39, 0.29) is 10.6 Å². The van der Waals surface area contributed by atoms with Crippen molar-refractivity contribution in [2.45, 2.75) is 39.2 Å². The van der Waals surface area contributed by atoms with Crippen LogP contribution in [0.1, 0.15) is 36.8 Å². The number of rotatable bonds is 4. The second kappa shape index (κ2) is 7.79. The van der Waals surface area contributed by atoms with Crippen molar-refractivity contribution in [1.29, 1.82) is 0 Å². The Balaban J connectivity index is 1.36. The molecule has 0 unspecified atom stereocenters. The summed E-state index contributed by atoms with van der Waals surface area (Å²) in [6, 6.07) is 16.1. The minimum absolute atomic E-state index is 0.183. The maximum Gasteiger partial charge on any atom is 0.269 e. The Bertz CT molecular complexity index is 863. The predicted octanol–water partition coefficient (Wildman–Crippen LogP) is 4.93. The van der Waals surface area contributed by atoms with E-state index in [4.69, 9.17) is 0 Å². The Morgan fingerprint density at radius 3 is 2.28 bits per heavy atom. The first-order chi connectivity index (χ1) is 13.9. The van der Waals surface area contributed by atoms with Crippen LogP contribution in [0.5, 0.6) is 0 Å². The van der Waals surface area contributed by atoms with Gasteiger partial charge in [0, 0.05) is 49.3 Å². The van der Waals surface area contributed by atoms with Gasteiger partial charge in [-0.3, -0.25) is 10.1 Å². The zero-order valence-electron chi connectivity index (χ0n) is 17.6. The molecule has 2 heterocycles. The topological polar surface area (TPSA) is 46.4 Å². The summed E-state index contributed by atoms with van der Waals surface area (Å²) in [5, 5.41) is 11.0. The number of quaternary nitrogens is 1. The van der Waals surface area contributed by atoms with Crippen LogP contribution >= 0.6 is 0 Å². The van der Waals surface area contributed by atoms with Crippen molar-refractivity contribution in [3.63, 3.8) is 0 Å². The van der Waals surface area contributed by atoms with E-state index in [0.717, 1.165) is 35.4 Å². The SMILES string of the molecule is Cc1cc([N+](=O)[O-])ccc1N1CCC2(CC1)CC[N+](C)(Cc1ccccc1)CC2. The maximum absolute atomic E-state index is 11.0. The summed E-state index contributed by atoms with van der Waals surface area (Å²) in [7, 11) is 2.41. The molecule has 2 aliphatic rings. The number of aryl methyl sites for hydroxylation is 1. The molecule has 2 saturated heterocycles. The Hall–Kier alpha value is -2.40. The molecule has 29 heavy (non-hydrogen) atoms. The number of benzene rings is 2. The Labute approximate surface area is 173 Å².